The first kappa shape index (κ1) is 22.5. The molecule has 0 radical (unpaired) electrons. The number of fused-ring (bicyclic) bond motifs is 5. The molecule has 40 heavy (non-hydrogen) atoms. The molecule has 0 saturated heterocycles. The van der Waals surface area contributed by atoms with E-state index in [1.807, 2.05) is 28.9 Å². The van der Waals surface area contributed by atoms with Gasteiger partial charge in [0.15, 0.2) is 0 Å². The molecule has 0 bridgehead atoms. The van der Waals surface area contributed by atoms with E-state index in [4.69, 9.17) is 10.1 Å². The minimum absolute atomic E-state index is 0.869. The zero-order chi connectivity index (χ0) is 26.5. The highest BCUT2D eigenvalue weighted by Gasteiger charge is 2.19. The molecule has 5 aromatic carbocycles. The molecular formula is C36H24N4. The highest BCUT2D eigenvalue weighted by atomic mass is 15.3. The molecule has 0 saturated carbocycles. The summed E-state index contributed by atoms with van der Waals surface area (Å²) < 4.78 is 4.25. The number of para-hydroxylation sites is 2. The van der Waals surface area contributed by atoms with Crippen LogP contribution in [0.4, 0.5) is 0 Å². The highest BCUT2D eigenvalue weighted by Crippen LogP contribution is 2.37. The molecule has 0 unspecified atom stereocenters. The summed E-state index contributed by atoms with van der Waals surface area (Å²) in [6, 6.07) is 48.5. The van der Waals surface area contributed by atoms with Crippen molar-refractivity contribution in [2.75, 3.05) is 0 Å². The highest BCUT2D eigenvalue weighted by molar-refractivity contribution is 6.17. The predicted molar refractivity (Wildman–Crippen MR) is 164 cm³/mol. The van der Waals surface area contributed by atoms with Crippen molar-refractivity contribution in [3.63, 3.8) is 0 Å². The van der Waals surface area contributed by atoms with Crippen molar-refractivity contribution in [2.24, 2.45) is 0 Å². The fraction of sp³-hybridized carbons (Fsp3) is 0. The van der Waals surface area contributed by atoms with Crippen LogP contribution in [0.25, 0.3) is 66.6 Å². The standard InChI is InChI=1S/C36H24N4/c1-4-12-25(13-5-1)28-22-32(26-14-6-2-7-15-26)37-34(23-28)40-33-19-11-10-18-30(33)31-21-20-27-24-39(38-35(27)36(31)40)29-16-8-3-9-17-29/h1-24H. The van der Waals surface area contributed by atoms with Gasteiger partial charge >= 0.3 is 0 Å². The number of benzene rings is 5. The minimum Gasteiger partial charge on any atom is -0.291 e. The van der Waals surface area contributed by atoms with Gasteiger partial charge in [0.25, 0.3) is 0 Å². The van der Waals surface area contributed by atoms with Crippen LogP contribution in [0.15, 0.2) is 146 Å². The van der Waals surface area contributed by atoms with Crippen molar-refractivity contribution in [1.82, 2.24) is 19.3 Å². The van der Waals surface area contributed by atoms with Gasteiger partial charge in [0, 0.05) is 27.9 Å². The molecule has 4 nitrogen and oxygen atoms in total. The summed E-state index contributed by atoms with van der Waals surface area (Å²) in [7, 11) is 0. The summed E-state index contributed by atoms with van der Waals surface area (Å²) >= 11 is 0. The molecule has 188 valence electrons. The van der Waals surface area contributed by atoms with Crippen LogP contribution in [-0.4, -0.2) is 19.3 Å². The third-order valence-electron chi connectivity index (χ3n) is 7.55. The summed E-state index contributed by atoms with van der Waals surface area (Å²) in [6.45, 7) is 0. The number of nitrogens with zero attached hydrogens (tertiary/aromatic N) is 4. The molecule has 8 rings (SSSR count). The normalized spacial score (nSPS) is 11.5. The second kappa shape index (κ2) is 9.07. The van der Waals surface area contributed by atoms with E-state index < -0.39 is 0 Å². The summed E-state index contributed by atoms with van der Waals surface area (Å²) in [5.74, 6) is 0.869. The molecule has 4 heteroatoms. The Hall–Kier alpha value is -5.48. The van der Waals surface area contributed by atoms with E-state index in [2.05, 4.69) is 126 Å². The Bertz CT molecular complexity index is 2080. The number of pyridine rings is 1. The maximum Gasteiger partial charge on any atom is 0.138 e. The van der Waals surface area contributed by atoms with E-state index in [1.165, 1.54) is 5.39 Å². The van der Waals surface area contributed by atoms with Crippen molar-refractivity contribution in [3.8, 4) is 33.9 Å². The monoisotopic (exact) mass is 512 g/mol. The third-order valence-corrected chi connectivity index (χ3v) is 7.55. The molecule has 3 heterocycles. The van der Waals surface area contributed by atoms with Crippen molar-refractivity contribution in [3.05, 3.63) is 146 Å². The van der Waals surface area contributed by atoms with Crippen molar-refractivity contribution in [2.45, 2.75) is 0 Å². The summed E-state index contributed by atoms with van der Waals surface area (Å²) in [4.78, 5) is 5.27. The molecule has 0 N–H and O–H groups in total. The van der Waals surface area contributed by atoms with Crippen LogP contribution in [0.3, 0.4) is 0 Å². The van der Waals surface area contributed by atoms with Gasteiger partial charge in [0.2, 0.25) is 0 Å². The first-order valence-electron chi connectivity index (χ1n) is 13.4. The maximum atomic E-state index is 5.27. The van der Waals surface area contributed by atoms with E-state index in [9.17, 15) is 0 Å². The Balaban J connectivity index is 1.47. The average molecular weight is 513 g/mol. The molecule has 0 aliphatic heterocycles. The third kappa shape index (κ3) is 3.62. The lowest BCUT2D eigenvalue weighted by molar-refractivity contribution is 0.896. The fourth-order valence-electron chi connectivity index (χ4n) is 5.67. The van der Waals surface area contributed by atoms with Crippen LogP contribution in [0.2, 0.25) is 0 Å². The van der Waals surface area contributed by atoms with Gasteiger partial charge in [-0.3, -0.25) is 4.57 Å². The number of hydrogen-bond acceptors (Lipinski definition) is 2. The lowest BCUT2D eigenvalue weighted by Gasteiger charge is -2.13. The average Bonchev–Trinajstić information content (AvgIpc) is 3.62. The maximum absolute atomic E-state index is 5.27. The van der Waals surface area contributed by atoms with E-state index in [1.54, 1.807) is 0 Å². The van der Waals surface area contributed by atoms with Crippen molar-refractivity contribution >= 4 is 32.7 Å². The molecule has 0 spiro atoms. The lowest BCUT2D eigenvalue weighted by Crippen LogP contribution is -2.01. The molecule has 0 aliphatic carbocycles. The van der Waals surface area contributed by atoms with Crippen LogP contribution in [0.5, 0.6) is 0 Å². The van der Waals surface area contributed by atoms with E-state index in [0.717, 1.165) is 61.2 Å². The largest absolute Gasteiger partial charge is 0.291 e. The first-order chi connectivity index (χ1) is 19.8. The SMILES string of the molecule is c1ccc(-c2cc(-c3ccccc3)nc(-n3c4ccccc4c4ccc5cn(-c6ccccc6)nc5c43)c2)cc1. The summed E-state index contributed by atoms with van der Waals surface area (Å²) in [5, 5.41) is 8.55. The number of rotatable bonds is 4. The fourth-order valence-corrected chi connectivity index (χ4v) is 5.67. The molecule has 0 atom stereocenters. The van der Waals surface area contributed by atoms with Crippen molar-refractivity contribution < 1.29 is 0 Å². The van der Waals surface area contributed by atoms with Gasteiger partial charge in [-0.25, -0.2) is 9.67 Å². The molecular weight excluding hydrogens is 488 g/mol. The van der Waals surface area contributed by atoms with Crippen LogP contribution < -0.4 is 0 Å². The minimum atomic E-state index is 0.869. The topological polar surface area (TPSA) is 35.6 Å². The van der Waals surface area contributed by atoms with Crippen molar-refractivity contribution in [1.29, 1.82) is 0 Å². The van der Waals surface area contributed by atoms with Gasteiger partial charge < -0.3 is 0 Å². The van der Waals surface area contributed by atoms with Gasteiger partial charge in [-0.1, -0.05) is 109 Å². The second-order valence-corrected chi connectivity index (χ2v) is 9.99. The molecule has 0 aliphatic rings. The number of hydrogen-bond donors (Lipinski definition) is 0. The Kier molecular flexibility index (Phi) is 5.10. The molecule has 0 fully saturated rings. The Morgan fingerprint density at radius 1 is 0.525 bits per heavy atom. The summed E-state index contributed by atoms with van der Waals surface area (Å²) in [5.41, 5.74) is 8.45. The van der Waals surface area contributed by atoms with Gasteiger partial charge in [-0.15, -0.1) is 0 Å². The van der Waals surface area contributed by atoms with E-state index in [-0.39, 0.29) is 0 Å². The van der Waals surface area contributed by atoms with E-state index >= 15 is 0 Å². The zero-order valence-corrected chi connectivity index (χ0v) is 21.6. The first-order valence-corrected chi connectivity index (χ1v) is 13.4. The zero-order valence-electron chi connectivity index (χ0n) is 21.6. The predicted octanol–water partition coefficient (Wildman–Crippen LogP) is 8.85. The number of aromatic nitrogens is 4. The summed E-state index contributed by atoms with van der Waals surface area (Å²) in [6.07, 6.45) is 2.11. The van der Waals surface area contributed by atoms with Gasteiger partial charge in [0.1, 0.15) is 11.3 Å². The quantitative estimate of drug-likeness (QED) is 0.236. The van der Waals surface area contributed by atoms with Crippen LogP contribution in [0, 0.1) is 0 Å². The van der Waals surface area contributed by atoms with Crippen LogP contribution in [0.1, 0.15) is 0 Å². The Morgan fingerprint density at radius 3 is 1.98 bits per heavy atom. The molecule has 8 aromatic rings. The van der Waals surface area contributed by atoms with E-state index in [0.29, 0.717) is 0 Å². The van der Waals surface area contributed by atoms with Crippen LogP contribution >= 0.6 is 0 Å². The van der Waals surface area contributed by atoms with Gasteiger partial charge in [0.05, 0.1) is 22.4 Å². The van der Waals surface area contributed by atoms with Gasteiger partial charge in [-0.05, 0) is 41.5 Å². The Morgan fingerprint density at radius 2 is 1.20 bits per heavy atom. The van der Waals surface area contributed by atoms with Crippen LogP contribution in [-0.2, 0) is 0 Å². The smallest absolute Gasteiger partial charge is 0.138 e. The Labute approximate surface area is 231 Å². The molecule has 3 aromatic heterocycles. The second-order valence-electron chi connectivity index (χ2n) is 9.99. The lowest BCUT2D eigenvalue weighted by atomic mass is 10.0. The molecule has 0 amide bonds. The van der Waals surface area contributed by atoms with Gasteiger partial charge in [-0.2, -0.15) is 5.10 Å².